The lowest BCUT2D eigenvalue weighted by Gasteiger charge is -2.28. The molecule has 0 radical (unpaired) electrons. The van der Waals surface area contributed by atoms with Crippen LogP contribution in [0.15, 0.2) is 24.3 Å². The molecule has 1 aromatic carbocycles. The second-order valence-corrected chi connectivity index (χ2v) is 7.06. The summed E-state index contributed by atoms with van der Waals surface area (Å²) >= 11 is 0. The molecule has 0 saturated heterocycles. The van der Waals surface area contributed by atoms with Crippen molar-refractivity contribution >= 4 is 0 Å². The van der Waals surface area contributed by atoms with Gasteiger partial charge in [0.25, 0.3) is 5.92 Å². The Balaban J connectivity index is 0.00000261. The van der Waals surface area contributed by atoms with Gasteiger partial charge < -0.3 is 10.1 Å². The first-order chi connectivity index (χ1) is 12.2. The Morgan fingerprint density at radius 3 is 2.73 bits per heavy atom. The lowest BCUT2D eigenvalue weighted by Crippen LogP contribution is -2.39. The van der Waals surface area contributed by atoms with Crippen molar-refractivity contribution in [3.05, 3.63) is 46.9 Å². The third-order valence-electron chi connectivity index (χ3n) is 4.43. The summed E-state index contributed by atoms with van der Waals surface area (Å²) in [5.41, 5.74) is 3.78. The van der Waals surface area contributed by atoms with Crippen LogP contribution in [-0.2, 0) is 6.42 Å². The van der Waals surface area contributed by atoms with E-state index in [1.807, 2.05) is 26.0 Å². The van der Waals surface area contributed by atoms with Crippen molar-refractivity contribution in [1.29, 1.82) is 0 Å². The van der Waals surface area contributed by atoms with Crippen LogP contribution in [0.2, 0.25) is 0 Å². The Morgan fingerprint density at radius 1 is 1.27 bits per heavy atom. The highest BCUT2D eigenvalue weighted by Crippen LogP contribution is 2.36. The van der Waals surface area contributed by atoms with E-state index in [0.717, 1.165) is 29.3 Å². The predicted octanol–water partition coefficient (Wildman–Crippen LogP) is 4.69. The lowest BCUT2D eigenvalue weighted by atomic mass is 9.93. The van der Waals surface area contributed by atoms with Gasteiger partial charge >= 0.3 is 0 Å². The summed E-state index contributed by atoms with van der Waals surface area (Å²) in [4.78, 5) is 4.43. The highest BCUT2D eigenvalue weighted by atomic mass is 19.3. The molecule has 2 heterocycles. The first kappa shape index (κ1) is 18.7. The fraction of sp³-hybridized carbons (Fsp3) is 0.450. The number of aromatic nitrogens is 1. The molecule has 142 valence electrons. The molecule has 1 aliphatic rings. The first-order valence-corrected chi connectivity index (χ1v) is 8.75. The van der Waals surface area contributed by atoms with Gasteiger partial charge in [0.1, 0.15) is 11.9 Å². The van der Waals surface area contributed by atoms with Crippen molar-refractivity contribution < 1.29 is 19.3 Å². The Bertz CT molecular complexity index is 809. The minimum Gasteiger partial charge on any atom is -0.473 e. The van der Waals surface area contributed by atoms with E-state index in [1.165, 1.54) is 6.07 Å². The van der Waals surface area contributed by atoms with Gasteiger partial charge in [-0.3, -0.25) is 0 Å². The Labute approximate surface area is 153 Å². The average molecular weight is 366 g/mol. The number of nitrogens with one attached hydrogen (secondary N) is 1. The third kappa shape index (κ3) is 4.36. The van der Waals surface area contributed by atoms with Gasteiger partial charge in [0, 0.05) is 31.7 Å². The van der Waals surface area contributed by atoms with E-state index in [-0.39, 0.29) is 19.9 Å². The SMILES string of the molecule is Cc1ccc(-c2cc(C)nc3c2CCC(CNCC(C)(F)F)O3)c(F)c1.[HH]. The zero-order valence-corrected chi connectivity index (χ0v) is 15.2. The van der Waals surface area contributed by atoms with Crippen molar-refractivity contribution in [3.8, 4) is 17.0 Å². The fourth-order valence-electron chi connectivity index (χ4n) is 3.21. The highest BCUT2D eigenvalue weighted by molar-refractivity contribution is 5.70. The van der Waals surface area contributed by atoms with Crippen LogP contribution in [0.1, 0.15) is 31.6 Å². The molecule has 1 atom stereocenters. The Kier molecular flexibility index (Phi) is 5.23. The first-order valence-electron chi connectivity index (χ1n) is 8.75. The number of halogens is 3. The normalized spacial score (nSPS) is 16.9. The fourth-order valence-corrected chi connectivity index (χ4v) is 3.21. The molecule has 26 heavy (non-hydrogen) atoms. The van der Waals surface area contributed by atoms with Gasteiger partial charge in [0.05, 0.1) is 6.54 Å². The number of ether oxygens (including phenoxy) is 1. The number of fused-ring (bicyclic) bond motifs is 1. The van der Waals surface area contributed by atoms with Crippen molar-refractivity contribution in [2.24, 2.45) is 0 Å². The van der Waals surface area contributed by atoms with Gasteiger partial charge in [-0.2, -0.15) is 0 Å². The van der Waals surface area contributed by atoms with Crippen LogP contribution in [0.4, 0.5) is 13.2 Å². The molecule has 1 aliphatic heterocycles. The Morgan fingerprint density at radius 2 is 2.04 bits per heavy atom. The summed E-state index contributed by atoms with van der Waals surface area (Å²) < 4.78 is 46.2. The van der Waals surface area contributed by atoms with Gasteiger partial charge in [-0.25, -0.2) is 18.2 Å². The predicted molar refractivity (Wildman–Crippen MR) is 97.4 cm³/mol. The van der Waals surface area contributed by atoms with E-state index in [4.69, 9.17) is 4.74 Å². The minimum atomic E-state index is -2.75. The summed E-state index contributed by atoms with van der Waals surface area (Å²) in [6.45, 7) is 4.50. The molecule has 0 spiro atoms. The highest BCUT2D eigenvalue weighted by Gasteiger charge is 2.26. The van der Waals surface area contributed by atoms with Gasteiger partial charge in [-0.1, -0.05) is 12.1 Å². The van der Waals surface area contributed by atoms with Gasteiger partial charge in [-0.15, -0.1) is 0 Å². The summed E-state index contributed by atoms with van der Waals surface area (Å²) in [7, 11) is 0. The third-order valence-corrected chi connectivity index (χ3v) is 4.43. The summed E-state index contributed by atoms with van der Waals surface area (Å²) in [6.07, 6.45) is 1.11. The smallest absolute Gasteiger partial charge is 0.257 e. The molecule has 3 rings (SSSR count). The topological polar surface area (TPSA) is 34.2 Å². The lowest BCUT2D eigenvalue weighted by molar-refractivity contribution is 0.0197. The van der Waals surface area contributed by atoms with Crippen LogP contribution in [-0.4, -0.2) is 30.1 Å². The van der Waals surface area contributed by atoms with Crippen molar-refractivity contribution in [2.45, 2.75) is 45.6 Å². The van der Waals surface area contributed by atoms with Crippen molar-refractivity contribution in [2.75, 3.05) is 13.1 Å². The zero-order chi connectivity index (χ0) is 18.9. The van der Waals surface area contributed by atoms with E-state index < -0.39 is 5.92 Å². The molecule has 1 N–H and O–H groups in total. The molecule has 0 amide bonds. The minimum absolute atomic E-state index is 0. The average Bonchev–Trinajstić information content (AvgIpc) is 2.52. The van der Waals surface area contributed by atoms with E-state index >= 15 is 0 Å². The van der Waals surface area contributed by atoms with Crippen molar-refractivity contribution in [1.82, 2.24) is 10.3 Å². The molecular weight excluding hydrogens is 341 g/mol. The van der Waals surface area contributed by atoms with Crippen molar-refractivity contribution in [3.63, 3.8) is 0 Å². The number of aryl methyl sites for hydroxylation is 2. The van der Waals surface area contributed by atoms with E-state index in [9.17, 15) is 13.2 Å². The second kappa shape index (κ2) is 7.27. The molecule has 0 saturated carbocycles. The monoisotopic (exact) mass is 366 g/mol. The number of nitrogens with zero attached hydrogens (tertiary/aromatic N) is 1. The maximum absolute atomic E-state index is 14.5. The number of pyridine rings is 1. The molecule has 0 bridgehead atoms. The number of alkyl halides is 2. The molecular formula is C20H25F3N2O. The number of rotatable bonds is 5. The number of hydrogen-bond acceptors (Lipinski definition) is 3. The Hall–Kier alpha value is -2.08. The van der Waals surface area contributed by atoms with Crippen LogP contribution >= 0.6 is 0 Å². The van der Waals surface area contributed by atoms with Crippen LogP contribution in [0.25, 0.3) is 11.1 Å². The quantitative estimate of drug-likeness (QED) is 0.834. The van der Waals surface area contributed by atoms with E-state index in [0.29, 0.717) is 30.8 Å². The molecule has 2 aromatic rings. The molecule has 1 unspecified atom stereocenters. The summed E-state index contributed by atoms with van der Waals surface area (Å²) in [5.74, 6) is -2.55. The molecule has 6 heteroatoms. The largest absolute Gasteiger partial charge is 0.473 e. The number of benzene rings is 1. The molecule has 0 aliphatic carbocycles. The van der Waals surface area contributed by atoms with Crippen LogP contribution in [0.5, 0.6) is 5.88 Å². The van der Waals surface area contributed by atoms with Gasteiger partial charge in [0.2, 0.25) is 5.88 Å². The van der Waals surface area contributed by atoms with Gasteiger partial charge in [-0.05, 0) is 49.9 Å². The van der Waals surface area contributed by atoms with Crippen LogP contribution < -0.4 is 10.1 Å². The maximum atomic E-state index is 14.5. The zero-order valence-electron chi connectivity index (χ0n) is 15.2. The van der Waals surface area contributed by atoms with Crippen LogP contribution in [0, 0.1) is 19.7 Å². The molecule has 0 fully saturated rings. The second-order valence-electron chi connectivity index (χ2n) is 7.06. The summed E-state index contributed by atoms with van der Waals surface area (Å²) in [5, 5.41) is 2.74. The van der Waals surface area contributed by atoms with E-state index in [1.54, 1.807) is 6.07 Å². The van der Waals surface area contributed by atoms with E-state index in [2.05, 4.69) is 10.3 Å². The molecule has 1 aromatic heterocycles. The standard InChI is InChI=1S/C20H23F3N2O.H2/c1-12-4-6-15(18(21)8-12)17-9-13(2)25-19-16(17)7-5-14(26-19)10-24-11-20(3,22)23;/h4,6,8-9,14,24H,5,7,10-11H2,1-3H3;1H. The maximum Gasteiger partial charge on any atom is 0.257 e. The summed E-state index contributed by atoms with van der Waals surface area (Å²) in [6, 6.07) is 7.03. The van der Waals surface area contributed by atoms with Crippen LogP contribution in [0.3, 0.4) is 0 Å². The molecule has 3 nitrogen and oxygen atoms in total. The van der Waals surface area contributed by atoms with Gasteiger partial charge in [0.15, 0.2) is 0 Å². The number of hydrogen-bond donors (Lipinski definition) is 1.